The van der Waals surface area contributed by atoms with Crippen LogP contribution in [0.15, 0.2) is 0 Å². The molecule has 1 aliphatic rings. The number of rotatable bonds is 2. The number of halogens is 1. The highest BCUT2D eigenvalue weighted by Gasteiger charge is 2.21. The molecule has 0 saturated carbocycles. The maximum absolute atomic E-state index is 10.8. The van der Waals surface area contributed by atoms with Crippen LogP contribution in [0.5, 0.6) is 0 Å². The van der Waals surface area contributed by atoms with E-state index >= 15 is 0 Å². The van der Waals surface area contributed by atoms with Crippen molar-refractivity contribution in [3.05, 3.63) is 0 Å². The van der Waals surface area contributed by atoms with E-state index < -0.39 is 5.24 Å². The van der Waals surface area contributed by atoms with Crippen LogP contribution in [0.3, 0.4) is 0 Å². The number of carbonyl (C=O) groups excluding carboxylic acids is 2. The van der Waals surface area contributed by atoms with E-state index in [1.807, 2.05) is 0 Å². The molecule has 0 atom stereocenters. The van der Waals surface area contributed by atoms with Gasteiger partial charge in [0.15, 0.2) is 0 Å². The zero-order chi connectivity index (χ0) is 7.56. The van der Waals surface area contributed by atoms with E-state index in [0.717, 1.165) is 6.42 Å². The summed E-state index contributed by atoms with van der Waals surface area (Å²) in [5.41, 5.74) is 0. The largest absolute Gasteiger partial charge is 0.334 e. The Hall–Kier alpha value is -0.570. The fourth-order valence-corrected chi connectivity index (χ4v) is 1.17. The Morgan fingerprint density at radius 3 is 2.80 bits per heavy atom. The minimum absolute atomic E-state index is 0.0361. The van der Waals surface area contributed by atoms with Gasteiger partial charge in [0.2, 0.25) is 11.1 Å². The van der Waals surface area contributed by atoms with E-state index in [1.165, 1.54) is 4.90 Å². The number of nitrogens with zero attached hydrogens (tertiary/aromatic N) is 1. The standard InChI is InChI=1S/C6H8ClNO2/c7-5(9)4-8-3-1-2-6(8)10/h1-4H2. The first-order valence-electron chi connectivity index (χ1n) is 3.16. The molecular weight excluding hydrogens is 154 g/mol. The summed E-state index contributed by atoms with van der Waals surface area (Å²) < 4.78 is 0. The molecule has 1 amide bonds. The van der Waals surface area contributed by atoms with Gasteiger partial charge in [-0.2, -0.15) is 0 Å². The van der Waals surface area contributed by atoms with Crippen LogP contribution < -0.4 is 0 Å². The molecule has 0 aromatic carbocycles. The van der Waals surface area contributed by atoms with Crippen LogP contribution in [0.25, 0.3) is 0 Å². The molecule has 4 heteroatoms. The molecule has 1 heterocycles. The normalized spacial score (nSPS) is 18.1. The molecule has 1 aliphatic heterocycles. The smallest absolute Gasteiger partial charge is 0.241 e. The zero-order valence-electron chi connectivity index (χ0n) is 5.47. The van der Waals surface area contributed by atoms with Crippen molar-refractivity contribution in [2.45, 2.75) is 12.8 Å². The molecule has 56 valence electrons. The van der Waals surface area contributed by atoms with Gasteiger partial charge in [0, 0.05) is 13.0 Å². The Labute approximate surface area is 63.9 Å². The van der Waals surface area contributed by atoms with Gasteiger partial charge < -0.3 is 4.90 Å². The first kappa shape index (κ1) is 7.54. The van der Waals surface area contributed by atoms with Crippen LogP contribution in [0.2, 0.25) is 0 Å². The highest BCUT2D eigenvalue weighted by Crippen LogP contribution is 2.08. The summed E-state index contributed by atoms with van der Waals surface area (Å²) in [6.07, 6.45) is 1.41. The average molecular weight is 162 g/mol. The quantitative estimate of drug-likeness (QED) is 0.549. The highest BCUT2D eigenvalue weighted by atomic mass is 35.5. The van der Waals surface area contributed by atoms with Crippen LogP contribution >= 0.6 is 11.6 Å². The minimum Gasteiger partial charge on any atom is -0.334 e. The Bertz CT molecular complexity index is 169. The number of carbonyl (C=O) groups is 2. The topological polar surface area (TPSA) is 37.4 Å². The first-order chi connectivity index (χ1) is 4.70. The summed E-state index contributed by atoms with van der Waals surface area (Å²) in [6.45, 7) is 0.748. The molecule has 1 rings (SSSR count). The molecule has 0 bridgehead atoms. The van der Waals surface area contributed by atoms with E-state index in [2.05, 4.69) is 0 Å². The van der Waals surface area contributed by atoms with Crippen LogP contribution in [0.4, 0.5) is 0 Å². The third-order valence-corrected chi connectivity index (χ3v) is 1.61. The van der Waals surface area contributed by atoms with Gasteiger partial charge in [0.25, 0.3) is 0 Å². The summed E-state index contributed by atoms with van der Waals surface area (Å²) in [6, 6.07) is 0. The van der Waals surface area contributed by atoms with E-state index in [4.69, 9.17) is 11.6 Å². The number of hydrogen-bond acceptors (Lipinski definition) is 2. The van der Waals surface area contributed by atoms with Crippen molar-refractivity contribution >= 4 is 22.8 Å². The van der Waals surface area contributed by atoms with Gasteiger partial charge in [0.1, 0.15) is 0 Å². The Morgan fingerprint density at radius 2 is 2.40 bits per heavy atom. The van der Waals surface area contributed by atoms with Crippen LogP contribution in [0, 0.1) is 0 Å². The van der Waals surface area contributed by atoms with Gasteiger partial charge in [-0.15, -0.1) is 0 Å². The van der Waals surface area contributed by atoms with E-state index in [0.29, 0.717) is 13.0 Å². The molecular formula is C6H8ClNO2. The number of hydrogen-bond donors (Lipinski definition) is 0. The molecule has 0 spiro atoms. The third kappa shape index (κ3) is 1.70. The predicted molar refractivity (Wildman–Crippen MR) is 36.7 cm³/mol. The van der Waals surface area contributed by atoms with Crippen LogP contribution in [-0.4, -0.2) is 29.1 Å². The monoisotopic (exact) mass is 161 g/mol. The maximum atomic E-state index is 10.8. The molecule has 10 heavy (non-hydrogen) atoms. The third-order valence-electron chi connectivity index (χ3n) is 1.49. The van der Waals surface area contributed by atoms with Crippen molar-refractivity contribution < 1.29 is 9.59 Å². The maximum Gasteiger partial charge on any atom is 0.241 e. The van der Waals surface area contributed by atoms with Crippen molar-refractivity contribution in [3.8, 4) is 0 Å². The van der Waals surface area contributed by atoms with E-state index in [9.17, 15) is 9.59 Å². The summed E-state index contributed by atoms with van der Waals surface area (Å²) in [7, 11) is 0. The molecule has 0 aromatic heterocycles. The van der Waals surface area contributed by atoms with Gasteiger partial charge in [-0.25, -0.2) is 0 Å². The molecule has 0 N–H and O–H groups in total. The van der Waals surface area contributed by atoms with Crippen molar-refractivity contribution in [2.75, 3.05) is 13.1 Å². The van der Waals surface area contributed by atoms with Crippen molar-refractivity contribution in [1.82, 2.24) is 4.90 Å². The summed E-state index contributed by atoms with van der Waals surface area (Å²) in [5.74, 6) is 0.0361. The van der Waals surface area contributed by atoms with Crippen molar-refractivity contribution in [2.24, 2.45) is 0 Å². The lowest BCUT2D eigenvalue weighted by Crippen LogP contribution is -2.28. The summed E-state index contributed by atoms with van der Waals surface area (Å²) in [5, 5.41) is -0.463. The predicted octanol–water partition coefficient (Wildman–Crippen LogP) is 0.374. The Morgan fingerprint density at radius 1 is 1.70 bits per heavy atom. The van der Waals surface area contributed by atoms with Gasteiger partial charge in [0.05, 0.1) is 6.54 Å². The summed E-state index contributed by atoms with van der Waals surface area (Å²) in [4.78, 5) is 22.6. The fourth-order valence-electron chi connectivity index (χ4n) is 1.02. The Balaban J connectivity index is 2.40. The van der Waals surface area contributed by atoms with E-state index in [-0.39, 0.29) is 12.5 Å². The molecule has 0 aromatic rings. The number of amides is 1. The SMILES string of the molecule is O=C(Cl)CN1CCCC1=O. The molecule has 1 saturated heterocycles. The van der Waals surface area contributed by atoms with Crippen LogP contribution in [-0.2, 0) is 9.59 Å². The second-order valence-electron chi connectivity index (χ2n) is 2.27. The average Bonchev–Trinajstić information content (AvgIpc) is 2.15. The van der Waals surface area contributed by atoms with Gasteiger partial charge >= 0.3 is 0 Å². The molecule has 1 fully saturated rings. The lowest BCUT2D eigenvalue weighted by atomic mass is 10.4. The van der Waals surface area contributed by atoms with Crippen molar-refractivity contribution in [3.63, 3.8) is 0 Å². The lowest BCUT2D eigenvalue weighted by Gasteiger charge is -2.10. The number of likely N-dealkylation sites (tertiary alicyclic amines) is 1. The molecule has 0 aliphatic carbocycles. The minimum atomic E-state index is -0.463. The zero-order valence-corrected chi connectivity index (χ0v) is 6.23. The molecule has 0 radical (unpaired) electrons. The van der Waals surface area contributed by atoms with Crippen LogP contribution in [0.1, 0.15) is 12.8 Å². The molecule has 0 unspecified atom stereocenters. The second-order valence-corrected chi connectivity index (χ2v) is 2.70. The second kappa shape index (κ2) is 3.01. The van der Waals surface area contributed by atoms with Crippen molar-refractivity contribution in [1.29, 1.82) is 0 Å². The highest BCUT2D eigenvalue weighted by molar-refractivity contribution is 6.64. The van der Waals surface area contributed by atoms with Gasteiger partial charge in [-0.3, -0.25) is 9.59 Å². The van der Waals surface area contributed by atoms with Gasteiger partial charge in [-0.05, 0) is 18.0 Å². The Kier molecular flexibility index (Phi) is 2.27. The van der Waals surface area contributed by atoms with E-state index in [1.54, 1.807) is 0 Å². The summed E-state index contributed by atoms with van der Waals surface area (Å²) >= 11 is 5.09. The molecule has 3 nitrogen and oxygen atoms in total. The fraction of sp³-hybridized carbons (Fsp3) is 0.667. The van der Waals surface area contributed by atoms with Gasteiger partial charge in [-0.1, -0.05) is 0 Å². The first-order valence-corrected chi connectivity index (χ1v) is 3.54. The lowest BCUT2D eigenvalue weighted by molar-refractivity contribution is -0.130.